The van der Waals surface area contributed by atoms with E-state index in [1.807, 2.05) is 53.9 Å². The predicted octanol–water partition coefficient (Wildman–Crippen LogP) is 4.62. The van der Waals surface area contributed by atoms with Gasteiger partial charge in [0.2, 0.25) is 0 Å². The third-order valence-corrected chi connectivity index (χ3v) is 3.96. The molecule has 3 aromatic rings. The minimum atomic E-state index is 0.490. The van der Waals surface area contributed by atoms with Gasteiger partial charge in [-0.1, -0.05) is 41.9 Å². The molecule has 0 saturated carbocycles. The van der Waals surface area contributed by atoms with Crippen molar-refractivity contribution in [3.05, 3.63) is 64.5 Å². The predicted molar refractivity (Wildman–Crippen MR) is 87.7 cm³/mol. The molecule has 0 saturated heterocycles. The van der Waals surface area contributed by atoms with Crippen LogP contribution in [-0.4, -0.2) is 4.98 Å². The van der Waals surface area contributed by atoms with Gasteiger partial charge in [-0.05, 0) is 23.8 Å². The van der Waals surface area contributed by atoms with Gasteiger partial charge in [-0.25, -0.2) is 4.98 Å². The monoisotopic (exact) mass is 316 g/mol. The number of nitrogens with zero attached hydrogens (tertiary/aromatic N) is 1. The van der Waals surface area contributed by atoms with Crippen molar-refractivity contribution in [3.8, 4) is 17.0 Å². The summed E-state index contributed by atoms with van der Waals surface area (Å²) in [6.07, 6.45) is 0. The second kappa shape index (κ2) is 6.16. The molecular weight excluding hydrogens is 304 g/mol. The molecule has 1 aromatic heterocycles. The lowest BCUT2D eigenvalue weighted by Gasteiger charge is -2.09. The Morgan fingerprint density at radius 2 is 1.95 bits per heavy atom. The summed E-state index contributed by atoms with van der Waals surface area (Å²) in [6.45, 7) is 0.490. The van der Waals surface area contributed by atoms with Crippen LogP contribution in [0.5, 0.6) is 5.75 Å². The third kappa shape index (κ3) is 3.35. The SMILES string of the molecule is Nc1nc(-c2ccc(OCc3ccccc3)c(Cl)c2)cs1. The smallest absolute Gasteiger partial charge is 0.180 e. The van der Waals surface area contributed by atoms with Gasteiger partial charge < -0.3 is 10.5 Å². The fourth-order valence-corrected chi connectivity index (χ4v) is 2.74. The fraction of sp³-hybridized carbons (Fsp3) is 0.0625. The number of hydrogen-bond acceptors (Lipinski definition) is 4. The number of nitrogens with two attached hydrogens (primary N) is 1. The van der Waals surface area contributed by atoms with E-state index < -0.39 is 0 Å². The summed E-state index contributed by atoms with van der Waals surface area (Å²) in [4.78, 5) is 4.24. The van der Waals surface area contributed by atoms with Crippen LogP contribution in [0.1, 0.15) is 5.56 Å². The maximum atomic E-state index is 6.27. The molecule has 106 valence electrons. The van der Waals surface area contributed by atoms with Crippen LogP contribution < -0.4 is 10.5 Å². The second-order valence-corrected chi connectivity index (χ2v) is 5.79. The Morgan fingerprint density at radius 1 is 1.14 bits per heavy atom. The molecule has 0 spiro atoms. The zero-order chi connectivity index (χ0) is 14.7. The average molecular weight is 317 g/mol. The van der Waals surface area contributed by atoms with Crippen LogP contribution in [-0.2, 0) is 6.61 Å². The Morgan fingerprint density at radius 3 is 2.62 bits per heavy atom. The maximum absolute atomic E-state index is 6.27. The zero-order valence-electron chi connectivity index (χ0n) is 11.1. The normalized spacial score (nSPS) is 10.5. The highest BCUT2D eigenvalue weighted by atomic mass is 35.5. The summed E-state index contributed by atoms with van der Waals surface area (Å²) in [7, 11) is 0. The van der Waals surface area contributed by atoms with Crippen molar-refractivity contribution >= 4 is 28.1 Å². The number of hydrogen-bond donors (Lipinski definition) is 1. The van der Waals surface area contributed by atoms with Crippen LogP contribution >= 0.6 is 22.9 Å². The van der Waals surface area contributed by atoms with Crippen molar-refractivity contribution in [1.82, 2.24) is 4.98 Å². The van der Waals surface area contributed by atoms with Gasteiger partial charge in [0, 0.05) is 10.9 Å². The number of nitrogen functional groups attached to an aromatic ring is 1. The van der Waals surface area contributed by atoms with Crippen molar-refractivity contribution in [2.24, 2.45) is 0 Å². The first-order valence-electron chi connectivity index (χ1n) is 6.40. The molecule has 21 heavy (non-hydrogen) atoms. The molecule has 1 heterocycles. The molecule has 0 aliphatic carbocycles. The number of benzene rings is 2. The minimum Gasteiger partial charge on any atom is -0.487 e. The molecule has 0 amide bonds. The van der Waals surface area contributed by atoms with Crippen molar-refractivity contribution in [3.63, 3.8) is 0 Å². The van der Waals surface area contributed by atoms with Gasteiger partial charge in [0.05, 0.1) is 10.7 Å². The van der Waals surface area contributed by atoms with Gasteiger partial charge in [-0.15, -0.1) is 11.3 Å². The molecule has 0 fully saturated rings. The zero-order valence-corrected chi connectivity index (χ0v) is 12.7. The van der Waals surface area contributed by atoms with E-state index in [1.165, 1.54) is 11.3 Å². The molecule has 0 aliphatic heterocycles. The topological polar surface area (TPSA) is 48.1 Å². The highest BCUT2D eigenvalue weighted by Gasteiger charge is 2.07. The van der Waals surface area contributed by atoms with Crippen LogP contribution in [0.25, 0.3) is 11.3 Å². The minimum absolute atomic E-state index is 0.490. The van der Waals surface area contributed by atoms with E-state index in [0.29, 0.717) is 22.5 Å². The van der Waals surface area contributed by atoms with Crippen LogP contribution in [0.2, 0.25) is 5.02 Å². The van der Waals surface area contributed by atoms with Gasteiger partial charge in [-0.2, -0.15) is 0 Å². The third-order valence-electron chi connectivity index (χ3n) is 2.99. The van der Waals surface area contributed by atoms with E-state index in [-0.39, 0.29) is 0 Å². The van der Waals surface area contributed by atoms with Crippen molar-refractivity contribution in [2.45, 2.75) is 6.61 Å². The van der Waals surface area contributed by atoms with Gasteiger partial charge in [0.15, 0.2) is 5.13 Å². The highest BCUT2D eigenvalue weighted by Crippen LogP contribution is 2.31. The molecule has 0 radical (unpaired) electrons. The molecule has 0 aliphatic rings. The molecule has 0 atom stereocenters. The Hall–Kier alpha value is -2.04. The number of rotatable bonds is 4. The number of ether oxygens (including phenoxy) is 1. The Labute approximate surface area is 132 Å². The first kappa shape index (κ1) is 13.9. The molecule has 3 nitrogen and oxygen atoms in total. The summed E-state index contributed by atoms with van der Waals surface area (Å²) in [6, 6.07) is 15.6. The highest BCUT2D eigenvalue weighted by molar-refractivity contribution is 7.13. The number of halogens is 1. The summed E-state index contributed by atoms with van der Waals surface area (Å²) >= 11 is 7.68. The lowest BCUT2D eigenvalue weighted by atomic mass is 10.1. The molecule has 5 heteroatoms. The fourth-order valence-electron chi connectivity index (χ4n) is 1.93. The molecular formula is C16H13ClN2OS. The van der Waals surface area contributed by atoms with E-state index in [0.717, 1.165) is 16.8 Å². The molecule has 3 rings (SSSR count). The lowest BCUT2D eigenvalue weighted by molar-refractivity contribution is 0.306. The van der Waals surface area contributed by atoms with E-state index in [4.69, 9.17) is 22.1 Å². The first-order valence-corrected chi connectivity index (χ1v) is 7.66. The van der Waals surface area contributed by atoms with Gasteiger partial charge in [0.25, 0.3) is 0 Å². The van der Waals surface area contributed by atoms with Crippen LogP contribution in [0.3, 0.4) is 0 Å². The maximum Gasteiger partial charge on any atom is 0.180 e. The average Bonchev–Trinajstić information content (AvgIpc) is 2.93. The number of thiazole rings is 1. The van der Waals surface area contributed by atoms with E-state index in [1.54, 1.807) is 0 Å². The van der Waals surface area contributed by atoms with Crippen LogP contribution in [0, 0.1) is 0 Å². The first-order chi connectivity index (χ1) is 10.2. The molecule has 0 bridgehead atoms. The largest absolute Gasteiger partial charge is 0.487 e. The van der Waals surface area contributed by atoms with Crippen molar-refractivity contribution in [2.75, 3.05) is 5.73 Å². The lowest BCUT2D eigenvalue weighted by Crippen LogP contribution is -1.95. The summed E-state index contributed by atoms with van der Waals surface area (Å²) in [5, 5.41) is 3.02. The molecule has 2 aromatic carbocycles. The van der Waals surface area contributed by atoms with Crippen LogP contribution in [0.15, 0.2) is 53.9 Å². The quantitative estimate of drug-likeness (QED) is 0.763. The van der Waals surface area contributed by atoms with Crippen LogP contribution in [0.4, 0.5) is 5.13 Å². The van der Waals surface area contributed by atoms with Gasteiger partial charge in [-0.3, -0.25) is 0 Å². The molecule has 0 unspecified atom stereocenters. The van der Waals surface area contributed by atoms with Gasteiger partial charge in [0.1, 0.15) is 12.4 Å². The number of aromatic nitrogens is 1. The Balaban J connectivity index is 1.75. The summed E-state index contributed by atoms with van der Waals surface area (Å²) in [5.41, 5.74) is 8.51. The summed E-state index contributed by atoms with van der Waals surface area (Å²) in [5.74, 6) is 0.660. The standard InChI is InChI=1S/C16H13ClN2OS/c17-13-8-12(14-10-21-16(18)19-14)6-7-15(13)20-9-11-4-2-1-3-5-11/h1-8,10H,9H2,(H2,18,19). The van der Waals surface area contributed by atoms with Crippen molar-refractivity contribution in [1.29, 1.82) is 0 Å². The second-order valence-electron chi connectivity index (χ2n) is 4.49. The van der Waals surface area contributed by atoms with Crippen molar-refractivity contribution < 1.29 is 4.74 Å². The summed E-state index contributed by atoms with van der Waals surface area (Å²) < 4.78 is 5.74. The Bertz CT molecular complexity index is 743. The Kier molecular flexibility index (Phi) is 4.08. The van der Waals surface area contributed by atoms with E-state index in [9.17, 15) is 0 Å². The van der Waals surface area contributed by atoms with Gasteiger partial charge >= 0.3 is 0 Å². The van der Waals surface area contributed by atoms with E-state index in [2.05, 4.69) is 4.98 Å². The van der Waals surface area contributed by atoms with E-state index >= 15 is 0 Å². The molecule has 2 N–H and O–H groups in total. The number of anilines is 1.